The minimum absolute atomic E-state index is 0.212. The van der Waals surface area contributed by atoms with E-state index in [1.807, 2.05) is 60.7 Å². The molecule has 5 heteroatoms. The first-order valence-corrected chi connectivity index (χ1v) is 7.06. The first-order chi connectivity index (χ1) is 10.8. The number of carbonyl (C=O) groups excluding carboxylic acids is 1. The predicted octanol–water partition coefficient (Wildman–Crippen LogP) is 2.75. The minimum atomic E-state index is -0.366. The molecule has 112 valence electrons. The molecule has 3 rings (SSSR count). The van der Waals surface area contributed by atoms with Crippen LogP contribution < -0.4 is 5.48 Å². The van der Waals surface area contributed by atoms with Crippen LogP contribution in [0.25, 0.3) is 0 Å². The Kier molecular flexibility index (Phi) is 4.46. The minimum Gasteiger partial charge on any atom is -0.387 e. The van der Waals surface area contributed by atoms with Gasteiger partial charge in [0.05, 0.1) is 6.61 Å². The maximum absolute atomic E-state index is 12.0. The van der Waals surface area contributed by atoms with Gasteiger partial charge in [-0.05, 0) is 11.1 Å². The number of rotatable bonds is 5. The van der Waals surface area contributed by atoms with Crippen LogP contribution in [0.5, 0.6) is 0 Å². The normalized spacial score (nSPS) is 16.7. The first-order valence-electron chi connectivity index (χ1n) is 7.06. The van der Waals surface area contributed by atoms with Crippen LogP contribution in [-0.2, 0) is 21.1 Å². The molecule has 2 aromatic carbocycles. The van der Waals surface area contributed by atoms with Gasteiger partial charge in [-0.1, -0.05) is 65.8 Å². The van der Waals surface area contributed by atoms with Gasteiger partial charge in [-0.3, -0.25) is 9.63 Å². The molecule has 1 aliphatic rings. The molecule has 22 heavy (non-hydrogen) atoms. The Morgan fingerprint density at radius 3 is 2.55 bits per heavy atom. The number of carbonyl (C=O) groups is 1. The molecule has 1 N–H and O–H groups in total. The summed E-state index contributed by atoms with van der Waals surface area (Å²) in [5.74, 6) is -0.366. The van der Waals surface area contributed by atoms with Crippen LogP contribution in [0, 0.1) is 0 Å². The Morgan fingerprint density at radius 1 is 1.14 bits per heavy atom. The molecular formula is C17H16N2O3. The van der Waals surface area contributed by atoms with Crippen molar-refractivity contribution in [3.63, 3.8) is 0 Å². The zero-order valence-electron chi connectivity index (χ0n) is 11.9. The third-order valence-corrected chi connectivity index (χ3v) is 3.35. The van der Waals surface area contributed by atoms with Gasteiger partial charge in [0.2, 0.25) is 0 Å². The molecule has 0 unspecified atom stereocenters. The lowest BCUT2D eigenvalue weighted by Gasteiger charge is -2.07. The number of benzene rings is 2. The van der Waals surface area contributed by atoms with Crippen molar-refractivity contribution in [2.45, 2.75) is 19.1 Å². The maximum Gasteiger partial charge on any atom is 0.292 e. The van der Waals surface area contributed by atoms with Crippen molar-refractivity contribution >= 4 is 11.6 Å². The second kappa shape index (κ2) is 6.87. The van der Waals surface area contributed by atoms with Crippen molar-refractivity contribution in [2.24, 2.45) is 5.16 Å². The summed E-state index contributed by atoms with van der Waals surface area (Å²) in [6.45, 7) is 0.308. The third-order valence-electron chi connectivity index (χ3n) is 3.35. The Morgan fingerprint density at radius 2 is 1.82 bits per heavy atom. The Labute approximate surface area is 128 Å². The van der Waals surface area contributed by atoms with Crippen molar-refractivity contribution in [3.8, 4) is 0 Å². The van der Waals surface area contributed by atoms with Crippen LogP contribution in [0.4, 0.5) is 0 Å². The highest BCUT2D eigenvalue weighted by Gasteiger charge is 2.27. The van der Waals surface area contributed by atoms with Crippen molar-refractivity contribution in [1.82, 2.24) is 5.48 Å². The fourth-order valence-corrected chi connectivity index (χ4v) is 2.18. The third kappa shape index (κ3) is 3.51. The quantitative estimate of drug-likeness (QED) is 0.863. The van der Waals surface area contributed by atoms with Gasteiger partial charge in [0.1, 0.15) is 0 Å². The van der Waals surface area contributed by atoms with E-state index in [4.69, 9.17) is 9.68 Å². The summed E-state index contributed by atoms with van der Waals surface area (Å²) in [5, 5.41) is 3.84. The topological polar surface area (TPSA) is 59.9 Å². The van der Waals surface area contributed by atoms with Crippen LogP contribution >= 0.6 is 0 Å². The van der Waals surface area contributed by atoms with Crippen LogP contribution in [0.2, 0.25) is 0 Å². The van der Waals surface area contributed by atoms with Gasteiger partial charge in [0.25, 0.3) is 5.91 Å². The van der Waals surface area contributed by atoms with Crippen LogP contribution in [0.1, 0.15) is 23.7 Å². The molecule has 0 saturated heterocycles. The predicted molar refractivity (Wildman–Crippen MR) is 81.7 cm³/mol. The molecule has 0 bridgehead atoms. The second-order valence-corrected chi connectivity index (χ2v) is 4.95. The monoisotopic (exact) mass is 296 g/mol. The van der Waals surface area contributed by atoms with Crippen LogP contribution in [0.15, 0.2) is 65.8 Å². The maximum atomic E-state index is 12.0. The standard InChI is InChI=1S/C17H16N2O3/c20-17(19-21-12-13-7-3-1-4-8-13)15-11-16(22-18-15)14-9-5-2-6-10-14/h1-10,16H,11-12H2,(H,19,20)/t16-/m0/s1. The Bertz CT molecular complexity index is 656. The molecule has 0 saturated carbocycles. The van der Waals surface area contributed by atoms with Crippen molar-refractivity contribution < 1.29 is 14.5 Å². The summed E-state index contributed by atoms with van der Waals surface area (Å²) in [7, 11) is 0. The van der Waals surface area contributed by atoms with Crippen LogP contribution in [-0.4, -0.2) is 11.6 Å². The highest BCUT2D eigenvalue weighted by Crippen LogP contribution is 2.26. The number of nitrogens with zero attached hydrogens (tertiary/aromatic N) is 1. The number of hydrogen-bond donors (Lipinski definition) is 1. The van der Waals surface area contributed by atoms with Gasteiger partial charge < -0.3 is 4.84 Å². The average Bonchev–Trinajstić information content (AvgIpc) is 3.07. The molecule has 1 atom stereocenters. The fraction of sp³-hybridized carbons (Fsp3) is 0.176. The first kappa shape index (κ1) is 14.3. The zero-order chi connectivity index (χ0) is 15.2. The summed E-state index contributed by atoms with van der Waals surface area (Å²) in [4.78, 5) is 22.5. The summed E-state index contributed by atoms with van der Waals surface area (Å²) >= 11 is 0. The molecule has 0 radical (unpaired) electrons. The van der Waals surface area contributed by atoms with Crippen molar-refractivity contribution in [3.05, 3.63) is 71.8 Å². The summed E-state index contributed by atoms with van der Waals surface area (Å²) < 4.78 is 0. The van der Waals surface area contributed by atoms with E-state index in [-0.39, 0.29) is 12.0 Å². The zero-order valence-corrected chi connectivity index (χ0v) is 11.9. The molecule has 1 heterocycles. The summed E-state index contributed by atoms with van der Waals surface area (Å²) in [5.41, 5.74) is 4.71. The van der Waals surface area contributed by atoms with Crippen LogP contribution in [0.3, 0.4) is 0 Å². The number of oxime groups is 1. The number of nitrogens with one attached hydrogen (secondary N) is 1. The molecule has 0 aromatic heterocycles. The Balaban J connectivity index is 1.47. The Hall–Kier alpha value is -2.66. The molecule has 0 spiro atoms. The van der Waals surface area contributed by atoms with Gasteiger partial charge in [0, 0.05) is 6.42 Å². The van der Waals surface area contributed by atoms with Gasteiger partial charge in [0.15, 0.2) is 11.8 Å². The lowest BCUT2D eigenvalue weighted by molar-refractivity contribution is -0.127. The average molecular weight is 296 g/mol. The molecule has 5 nitrogen and oxygen atoms in total. The highest BCUT2D eigenvalue weighted by molar-refractivity contribution is 6.38. The van der Waals surface area contributed by atoms with Gasteiger partial charge in [-0.25, -0.2) is 5.48 Å². The molecular weight excluding hydrogens is 280 g/mol. The van der Waals surface area contributed by atoms with E-state index in [1.165, 1.54) is 0 Å². The molecule has 1 aliphatic heterocycles. The SMILES string of the molecule is O=C(NOCc1ccccc1)C1=NO[C@H](c2ccccc2)C1. The smallest absolute Gasteiger partial charge is 0.292 e. The van der Waals surface area contributed by atoms with Gasteiger partial charge in [-0.15, -0.1) is 0 Å². The summed E-state index contributed by atoms with van der Waals surface area (Å²) in [6.07, 6.45) is 0.223. The molecule has 0 aliphatic carbocycles. The number of hydrogen-bond acceptors (Lipinski definition) is 4. The van der Waals surface area contributed by atoms with E-state index < -0.39 is 0 Å². The van der Waals surface area contributed by atoms with E-state index in [1.54, 1.807) is 0 Å². The van der Waals surface area contributed by atoms with E-state index in [0.717, 1.165) is 11.1 Å². The van der Waals surface area contributed by atoms with E-state index in [2.05, 4.69) is 10.6 Å². The van der Waals surface area contributed by atoms with E-state index in [0.29, 0.717) is 18.7 Å². The number of hydroxylamine groups is 1. The lowest BCUT2D eigenvalue weighted by atomic mass is 10.0. The largest absolute Gasteiger partial charge is 0.387 e. The van der Waals surface area contributed by atoms with E-state index in [9.17, 15) is 4.79 Å². The van der Waals surface area contributed by atoms with Crippen molar-refractivity contribution in [2.75, 3.05) is 0 Å². The molecule has 0 fully saturated rings. The lowest BCUT2D eigenvalue weighted by Crippen LogP contribution is -2.30. The number of amides is 1. The molecule has 2 aromatic rings. The summed E-state index contributed by atoms with van der Waals surface area (Å²) in [6, 6.07) is 19.3. The highest BCUT2D eigenvalue weighted by atomic mass is 16.7. The van der Waals surface area contributed by atoms with E-state index >= 15 is 0 Å². The van der Waals surface area contributed by atoms with Crippen molar-refractivity contribution in [1.29, 1.82) is 0 Å². The second-order valence-electron chi connectivity index (χ2n) is 4.95. The fourth-order valence-electron chi connectivity index (χ4n) is 2.18. The molecule has 1 amide bonds. The van der Waals surface area contributed by atoms with Gasteiger partial charge >= 0.3 is 0 Å². The van der Waals surface area contributed by atoms with Gasteiger partial charge in [-0.2, -0.15) is 0 Å².